The van der Waals surface area contributed by atoms with Gasteiger partial charge < -0.3 is 10.1 Å². The van der Waals surface area contributed by atoms with Crippen molar-refractivity contribution in [1.29, 1.82) is 0 Å². The predicted molar refractivity (Wildman–Crippen MR) is 134 cm³/mol. The van der Waals surface area contributed by atoms with Gasteiger partial charge in [-0.05, 0) is 47.9 Å². The van der Waals surface area contributed by atoms with Crippen molar-refractivity contribution in [2.45, 2.75) is 5.16 Å². The molecule has 34 heavy (non-hydrogen) atoms. The zero-order valence-electron chi connectivity index (χ0n) is 18.4. The lowest BCUT2D eigenvalue weighted by Gasteiger charge is -2.11. The molecule has 2 aromatic heterocycles. The van der Waals surface area contributed by atoms with Crippen LogP contribution in [0, 0.1) is 0 Å². The van der Waals surface area contributed by atoms with Gasteiger partial charge in [-0.15, -0.1) is 10.2 Å². The van der Waals surface area contributed by atoms with Gasteiger partial charge in [0.05, 0.1) is 12.9 Å². The fraction of sp³-hybridized carbons (Fsp3) is 0.0769. The van der Waals surface area contributed by atoms with Crippen LogP contribution in [0.5, 0.6) is 5.75 Å². The lowest BCUT2D eigenvalue weighted by molar-refractivity contribution is -0.113. The van der Waals surface area contributed by atoms with Crippen molar-refractivity contribution in [1.82, 2.24) is 19.7 Å². The number of carbonyl (C=O) groups excluding carboxylic acids is 1. The molecule has 1 amide bonds. The molecule has 5 rings (SSSR count). The Morgan fingerprint density at radius 2 is 1.79 bits per heavy atom. The number of benzene rings is 3. The van der Waals surface area contributed by atoms with E-state index >= 15 is 0 Å². The van der Waals surface area contributed by atoms with E-state index < -0.39 is 0 Å². The van der Waals surface area contributed by atoms with Crippen molar-refractivity contribution in [3.05, 3.63) is 91.3 Å². The number of nitrogens with one attached hydrogen (secondary N) is 1. The van der Waals surface area contributed by atoms with Crippen LogP contribution in [0.1, 0.15) is 0 Å². The number of amides is 1. The maximum Gasteiger partial charge on any atom is 0.234 e. The number of fused-ring (bicyclic) bond motifs is 1. The Morgan fingerprint density at radius 3 is 2.59 bits per heavy atom. The summed E-state index contributed by atoms with van der Waals surface area (Å²) in [6, 6.07) is 25.2. The Morgan fingerprint density at radius 1 is 0.971 bits per heavy atom. The molecule has 168 valence electrons. The van der Waals surface area contributed by atoms with Crippen LogP contribution in [0.25, 0.3) is 27.8 Å². The maximum absolute atomic E-state index is 12.8. The number of thioether (sulfide) groups is 1. The maximum atomic E-state index is 12.8. The molecule has 0 unspecified atom stereocenters. The number of ether oxygens (including phenoxy) is 1. The molecule has 0 aliphatic carbocycles. The Hall–Kier alpha value is -4.17. The standard InChI is InChI=1S/C26H21N5O2S/c1-33-21-13-11-20(12-14-21)31-25(19-8-5-15-27-16-19)29-30-26(31)34-17-24(32)28-23-10-4-7-18-6-2-3-9-22(18)23/h2-16H,17H2,1H3,(H,28,32). The number of anilines is 1. The summed E-state index contributed by atoms with van der Waals surface area (Å²) >= 11 is 1.33. The number of carbonyl (C=O) groups is 1. The molecular formula is C26H21N5O2S. The second-order valence-electron chi connectivity index (χ2n) is 7.44. The van der Waals surface area contributed by atoms with Crippen molar-refractivity contribution < 1.29 is 9.53 Å². The molecule has 0 bridgehead atoms. The van der Waals surface area contributed by atoms with Gasteiger partial charge in [0.2, 0.25) is 5.91 Å². The fourth-order valence-electron chi connectivity index (χ4n) is 3.66. The summed E-state index contributed by atoms with van der Waals surface area (Å²) in [4.78, 5) is 17.0. The second-order valence-corrected chi connectivity index (χ2v) is 8.39. The molecule has 3 aromatic carbocycles. The monoisotopic (exact) mass is 467 g/mol. The highest BCUT2D eigenvalue weighted by atomic mass is 32.2. The SMILES string of the molecule is COc1ccc(-n2c(SCC(=O)Nc3cccc4ccccc34)nnc2-c2cccnc2)cc1. The van der Waals surface area contributed by atoms with Crippen LogP contribution in [0.2, 0.25) is 0 Å². The van der Waals surface area contributed by atoms with Crippen LogP contribution in [0.3, 0.4) is 0 Å². The zero-order chi connectivity index (χ0) is 23.3. The first-order valence-corrected chi connectivity index (χ1v) is 11.6. The van der Waals surface area contributed by atoms with Crippen LogP contribution < -0.4 is 10.1 Å². The number of hydrogen-bond donors (Lipinski definition) is 1. The molecule has 0 spiro atoms. The number of nitrogens with zero attached hydrogens (tertiary/aromatic N) is 4. The average molecular weight is 468 g/mol. The third-order valence-corrected chi connectivity index (χ3v) is 6.21. The fourth-order valence-corrected chi connectivity index (χ4v) is 4.41. The van der Waals surface area contributed by atoms with E-state index in [1.165, 1.54) is 11.8 Å². The largest absolute Gasteiger partial charge is 0.497 e. The van der Waals surface area contributed by atoms with Gasteiger partial charge in [-0.1, -0.05) is 48.2 Å². The second kappa shape index (κ2) is 9.76. The van der Waals surface area contributed by atoms with E-state index in [0.29, 0.717) is 11.0 Å². The van der Waals surface area contributed by atoms with E-state index in [2.05, 4.69) is 20.5 Å². The number of hydrogen-bond acceptors (Lipinski definition) is 6. The smallest absolute Gasteiger partial charge is 0.234 e. The normalized spacial score (nSPS) is 10.9. The van der Waals surface area contributed by atoms with Gasteiger partial charge in [-0.25, -0.2) is 0 Å². The Labute approximate surface area is 200 Å². The molecular weight excluding hydrogens is 446 g/mol. The first-order valence-electron chi connectivity index (χ1n) is 10.6. The van der Waals surface area contributed by atoms with Crippen molar-refractivity contribution in [3.63, 3.8) is 0 Å². The van der Waals surface area contributed by atoms with Gasteiger partial charge in [0.15, 0.2) is 11.0 Å². The van der Waals surface area contributed by atoms with Crippen molar-refractivity contribution in [2.75, 3.05) is 18.2 Å². The van der Waals surface area contributed by atoms with E-state index in [0.717, 1.165) is 33.5 Å². The Kier molecular flexibility index (Phi) is 6.22. The highest BCUT2D eigenvalue weighted by Crippen LogP contribution is 2.29. The van der Waals surface area contributed by atoms with E-state index in [9.17, 15) is 4.79 Å². The third-order valence-electron chi connectivity index (χ3n) is 5.28. The summed E-state index contributed by atoms with van der Waals surface area (Å²) in [6.07, 6.45) is 3.45. The minimum Gasteiger partial charge on any atom is -0.497 e. The van der Waals surface area contributed by atoms with Crippen LogP contribution in [0.15, 0.2) is 96.4 Å². The summed E-state index contributed by atoms with van der Waals surface area (Å²) in [5, 5.41) is 14.5. The van der Waals surface area contributed by atoms with E-state index in [1.54, 1.807) is 19.5 Å². The van der Waals surface area contributed by atoms with E-state index in [4.69, 9.17) is 4.74 Å². The summed E-state index contributed by atoms with van der Waals surface area (Å²) in [5.74, 6) is 1.47. The molecule has 8 heteroatoms. The molecule has 5 aromatic rings. The molecule has 1 N–H and O–H groups in total. The molecule has 0 radical (unpaired) electrons. The van der Waals surface area contributed by atoms with Gasteiger partial charge >= 0.3 is 0 Å². The third kappa shape index (κ3) is 4.49. The Bertz CT molecular complexity index is 1430. The van der Waals surface area contributed by atoms with Crippen LogP contribution >= 0.6 is 11.8 Å². The van der Waals surface area contributed by atoms with E-state index in [-0.39, 0.29) is 11.7 Å². The molecule has 7 nitrogen and oxygen atoms in total. The number of pyridine rings is 1. The average Bonchev–Trinajstić information content (AvgIpc) is 3.32. The van der Waals surface area contributed by atoms with Crippen LogP contribution in [0.4, 0.5) is 5.69 Å². The number of methoxy groups -OCH3 is 1. The van der Waals surface area contributed by atoms with Crippen molar-refractivity contribution in [3.8, 4) is 22.8 Å². The van der Waals surface area contributed by atoms with Crippen molar-refractivity contribution >= 4 is 34.1 Å². The molecule has 0 aliphatic heterocycles. The van der Waals surface area contributed by atoms with Crippen LogP contribution in [-0.2, 0) is 4.79 Å². The predicted octanol–water partition coefficient (Wildman–Crippen LogP) is 5.22. The lowest BCUT2D eigenvalue weighted by Crippen LogP contribution is -2.14. The molecule has 0 saturated heterocycles. The quantitative estimate of drug-likeness (QED) is 0.331. The van der Waals surface area contributed by atoms with Gasteiger partial charge in [-0.2, -0.15) is 0 Å². The Balaban J connectivity index is 1.41. The van der Waals surface area contributed by atoms with Crippen molar-refractivity contribution in [2.24, 2.45) is 0 Å². The van der Waals surface area contributed by atoms with Gasteiger partial charge in [0.25, 0.3) is 0 Å². The number of rotatable bonds is 7. The zero-order valence-corrected chi connectivity index (χ0v) is 19.2. The molecule has 0 atom stereocenters. The molecule has 0 fully saturated rings. The molecule has 2 heterocycles. The minimum absolute atomic E-state index is 0.117. The summed E-state index contributed by atoms with van der Waals surface area (Å²) in [5.41, 5.74) is 2.48. The first-order chi connectivity index (χ1) is 16.7. The highest BCUT2D eigenvalue weighted by Gasteiger charge is 2.18. The topological polar surface area (TPSA) is 81.9 Å². The summed E-state index contributed by atoms with van der Waals surface area (Å²) < 4.78 is 7.21. The number of aromatic nitrogens is 4. The minimum atomic E-state index is -0.117. The van der Waals surface area contributed by atoms with Gasteiger partial charge in [-0.3, -0.25) is 14.3 Å². The first kappa shape index (κ1) is 21.7. The molecule has 0 saturated carbocycles. The van der Waals surface area contributed by atoms with Gasteiger partial charge in [0.1, 0.15) is 5.75 Å². The summed E-state index contributed by atoms with van der Waals surface area (Å²) in [7, 11) is 1.63. The van der Waals surface area contributed by atoms with Gasteiger partial charge in [0, 0.05) is 34.7 Å². The lowest BCUT2D eigenvalue weighted by atomic mass is 10.1. The van der Waals surface area contributed by atoms with E-state index in [1.807, 2.05) is 83.4 Å². The molecule has 0 aliphatic rings. The van der Waals surface area contributed by atoms with Crippen LogP contribution in [-0.4, -0.2) is 38.5 Å². The highest BCUT2D eigenvalue weighted by molar-refractivity contribution is 7.99. The summed E-state index contributed by atoms with van der Waals surface area (Å²) in [6.45, 7) is 0.